The molecule has 4 nitrogen and oxygen atoms in total. The average Bonchev–Trinajstić information content (AvgIpc) is 2.37. The summed E-state index contributed by atoms with van der Waals surface area (Å²) in [5.41, 5.74) is 0. The van der Waals surface area contributed by atoms with Gasteiger partial charge < -0.3 is 19.7 Å². The highest BCUT2D eigenvalue weighted by Crippen LogP contribution is 2.13. The molecule has 16 heavy (non-hydrogen) atoms. The molecule has 0 aliphatic carbocycles. The minimum atomic E-state index is 0.0803. The highest BCUT2D eigenvalue weighted by molar-refractivity contribution is 4.67. The lowest BCUT2D eigenvalue weighted by molar-refractivity contribution is -0.163. The second-order valence-electron chi connectivity index (χ2n) is 4.61. The van der Waals surface area contributed by atoms with Gasteiger partial charge >= 0.3 is 0 Å². The summed E-state index contributed by atoms with van der Waals surface area (Å²) in [6.07, 6.45) is 4.73. The van der Waals surface area contributed by atoms with Crippen LogP contribution < -0.4 is 5.32 Å². The molecule has 0 radical (unpaired) electrons. The van der Waals surface area contributed by atoms with E-state index in [1.54, 1.807) is 0 Å². The van der Waals surface area contributed by atoms with Crippen LogP contribution in [0.4, 0.5) is 0 Å². The largest absolute Gasteiger partial charge is 0.353 e. The van der Waals surface area contributed by atoms with E-state index in [9.17, 15) is 0 Å². The molecule has 2 heterocycles. The Kier molecular flexibility index (Phi) is 5.55. The summed E-state index contributed by atoms with van der Waals surface area (Å²) in [5.74, 6) is 0. The Labute approximate surface area is 98.3 Å². The topological polar surface area (TPSA) is 33.7 Å². The SMILES string of the molecule is C1CCC(OCCCN2CCNCC2)OC1. The maximum atomic E-state index is 5.71. The lowest BCUT2D eigenvalue weighted by atomic mass is 10.2. The van der Waals surface area contributed by atoms with Crippen molar-refractivity contribution in [1.29, 1.82) is 0 Å². The van der Waals surface area contributed by atoms with Crippen LogP contribution in [0.3, 0.4) is 0 Å². The number of ether oxygens (including phenoxy) is 2. The molecule has 0 aromatic heterocycles. The van der Waals surface area contributed by atoms with E-state index < -0.39 is 0 Å². The minimum Gasteiger partial charge on any atom is -0.353 e. The third kappa shape index (κ3) is 4.37. The van der Waals surface area contributed by atoms with Gasteiger partial charge in [-0.3, -0.25) is 0 Å². The van der Waals surface area contributed by atoms with E-state index in [-0.39, 0.29) is 6.29 Å². The molecule has 4 heteroatoms. The van der Waals surface area contributed by atoms with Crippen molar-refractivity contribution in [2.45, 2.75) is 32.0 Å². The zero-order valence-electron chi connectivity index (χ0n) is 10.1. The highest BCUT2D eigenvalue weighted by atomic mass is 16.7. The predicted molar refractivity (Wildman–Crippen MR) is 63.5 cm³/mol. The van der Waals surface area contributed by atoms with E-state index in [4.69, 9.17) is 9.47 Å². The molecule has 2 aliphatic heterocycles. The quantitative estimate of drug-likeness (QED) is 0.707. The molecule has 94 valence electrons. The Hall–Kier alpha value is -0.160. The Bertz CT molecular complexity index is 158. The second-order valence-corrected chi connectivity index (χ2v) is 4.61. The summed E-state index contributed by atoms with van der Waals surface area (Å²) in [6, 6.07) is 0. The van der Waals surface area contributed by atoms with Gasteiger partial charge in [0.2, 0.25) is 0 Å². The number of nitrogens with one attached hydrogen (secondary N) is 1. The van der Waals surface area contributed by atoms with Crippen LogP contribution in [0.25, 0.3) is 0 Å². The van der Waals surface area contributed by atoms with Gasteiger partial charge in [0.25, 0.3) is 0 Å². The summed E-state index contributed by atoms with van der Waals surface area (Å²) in [5, 5.41) is 3.36. The molecule has 1 N–H and O–H groups in total. The molecular weight excluding hydrogens is 204 g/mol. The second kappa shape index (κ2) is 7.22. The van der Waals surface area contributed by atoms with Crippen molar-refractivity contribution >= 4 is 0 Å². The van der Waals surface area contributed by atoms with Crippen LogP contribution in [-0.4, -0.2) is 57.1 Å². The zero-order chi connectivity index (χ0) is 11.1. The molecule has 0 amide bonds. The number of hydrogen-bond acceptors (Lipinski definition) is 4. The molecule has 1 atom stereocenters. The Morgan fingerprint density at radius 2 is 2.12 bits per heavy atom. The fraction of sp³-hybridized carbons (Fsp3) is 1.00. The lowest BCUT2D eigenvalue weighted by Gasteiger charge is -2.27. The average molecular weight is 228 g/mol. The van der Waals surface area contributed by atoms with Gasteiger partial charge in [0.1, 0.15) is 0 Å². The third-order valence-corrected chi connectivity index (χ3v) is 3.27. The molecule has 0 aromatic rings. The maximum Gasteiger partial charge on any atom is 0.157 e. The molecule has 0 saturated carbocycles. The minimum absolute atomic E-state index is 0.0803. The van der Waals surface area contributed by atoms with E-state index in [2.05, 4.69) is 10.2 Å². The monoisotopic (exact) mass is 228 g/mol. The number of hydrogen-bond donors (Lipinski definition) is 1. The molecule has 2 saturated heterocycles. The highest BCUT2D eigenvalue weighted by Gasteiger charge is 2.14. The van der Waals surface area contributed by atoms with Crippen LogP contribution in [0.15, 0.2) is 0 Å². The maximum absolute atomic E-state index is 5.71. The third-order valence-electron chi connectivity index (χ3n) is 3.27. The molecule has 0 aromatic carbocycles. The van der Waals surface area contributed by atoms with Crippen LogP contribution in [0.2, 0.25) is 0 Å². The number of nitrogens with zero attached hydrogens (tertiary/aromatic N) is 1. The van der Waals surface area contributed by atoms with Crippen molar-refractivity contribution < 1.29 is 9.47 Å². The van der Waals surface area contributed by atoms with Crippen LogP contribution in [0.1, 0.15) is 25.7 Å². The fourth-order valence-corrected chi connectivity index (χ4v) is 2.28. The van der Waals surface area contributed by atoms with Gasteiger partial charge in [0, 0.05) is 39.3 Å². The summed E-state index contributed by atoms with van der Waals surface area (Å²) in [7, 11) is 0. The first-order chi connectivity index (χ1) is 7.95. The lowest BCUT2D eigenvalue weighted by Crippen LogP contribution is -2.44. The summed E-state index contributed by atoms with van der Waals surface area (Å²) in [6.45, 7) is 7.50. The standard InChI is InChI=1S/C12H24N2O2/c1-2-10-15-12(4-1)16-11-3-7-14-8-5-13-6-9-14/h12-13H,1-11H2. The van der Waals surface area contributed by atoms with Crippen molar-refractivity contribution in [1.82, 2.24) is 10.2 Å². The van der Waals surface area contributed by atoms with Crippen molar-refractivity contribution in [3.8, 4) is 0 Å². The molecule has 2 fully saturated rings. The first kappa shape index (κ1) is 12.3. The van der Waals surface area contributed by atoms with Crippen LogP contribution in [0.5, 0.6) is 0 Å². The first-order valence-corrected chi connectivity index (χ1v) is 6.61. The van der Waals surface area contributed by atoms with Crippen LogP contribution in [0, 0.1) is 0 Å². The number of rotatable bonds is 5. The molecule has 0 bridgehead atoms. The summed E-state index contributed by atoms with van der Waals surface area (Å²) in [4.78, 5) is 2.50. The smallest absolute Gasteiger partial charge is 0.157 e. The predicted octanol–water partition coefficient (Wildman–Crippen LogP) is 0.825. The Balaban J connectivity index is 1.47. The van der Waals surface area contributed by atoms with Crippen molar-refractivity contribution in [3.05, 3.63) is 0 Å². The van der Waals surface area contributed by atoms with E-state index >= 15 is 0 Å². The van der Waals surface area contributed by atoms with Gasteiger partial charge in [-0.2, -0.15) is 0 Å². The van der Waals surface area contributed by atoms with Gasteiger partial charge in [-0.25, -0.2) is 0 Å². The molecule has 1 unspecified atom stereocenters. The van der Waals surface area contributed by atoms with Gasteiger partial charge in [-0.15, -0.1) is 0 Å². The van der Waals surface area contributed by atoms with E-state index in [0.29, 0.717) is 0 Å². The van der Waals surface area contributed by atoms with Crippen molar-refractivity contribution in [2.24, 2.45) is 0 Å². The summed E-state index contributed by atoms with van der Waals surface area (Å²) >= 11 is 0. The molecule has 2 rings (SSSR count). The molecule has 0 spiro atoms. The van der Waals surface area contributed by atoms with Gasteiger partial charge in [-0.1, -0.05) is 0 Å². The molecule has 2 aliphatic rings. The zero-order valence-corrected chi connectivity index (χ0v) is 10.1. The van der Waals surface area contributed by atoms with Gasteiger partial charge in [-0.05, 0) is 25.7 Å². The van der Waals surface area contributed by atoms with E-state index in [0.717, 1.165) is 45.7 Å². The first-order valence-electron chi connectivity index (χ1n) is 6.61. The van der Waals surface area contributed by atoms with Crippen LogP contribution >= 0.6 is 0 Å². The van der Waals surface area contributed by atoms with Gasteiger partial charge in [0.05, 0.1) is 6.61 Å². The Morgan fingerprint density at radius 3 is 2.88 bits per heavy atom. The molecular formula is C12H24N2O2. The van der Waals surface area contributed by atoms with Crippen molar-refractivity contribution in [3.63, 3.8) is 0 Å². The fourth-order valence-electron chi connectivity index (χ4n) is 2.28. The number of piperazine rings is 1. The Morgan fingerprint density at radius 1 is 1.25 bits per heavy atom. The summed E-state index contributed by atoms with van der Waals surface area (Å²) < 4.78 is 11.2. The van der Waals surface area contributed by atoms with Crippen LogP contribution in [-0.2, 0) is 9.47 Å². The van der Waals surface area contributed by atoms with Gasteiger partial charge in [0.15, 0.2) is 6.29 Å². The van der Waals surface area contributed by atoms with E-state index in [1.807, 2.05) is 0 Å². The van der Waals surface area contributed by atoms with E-state index in [1.165, 1.54) is 25.9 Å². The normalized spacial score (nSPS) is 28.1. The van der Waals surface area contributed by atoms with Crippen molar-refractivity contribution in [2.75, 3.05) is 45.9 Å².